The van der Waals surface area contributed by atoms with Crippen LogP contribution in [-0.2, 0) is 11.2 Å². The summed E-state index contributed by atoms with van der Waals surface area (Å²) in [6.07, 6.45) is 3.01. The van der Waals surface area contributed by atoms with Crippen LogP contribution in [0.3, 0.4) is 0 Å². The number of urea groups is 1. The van der Waals surface area contributed by atoms with Crippen LogP contribution in [0.1, 0.15) is 12.0 Å². The Bertz CT molecular complexity index is 1150. The number of amides is 3. The topological polar surface area (TPSA) is 86.0 Å². The monoisotopic (exact) mass is 398 g/mol. The normalized spacial score (nSPS) is 10.5. The highest BCUT2D eigenvalue weighted by atomic mass is 16.2. The number of aromatic amines is 1. The number of rotatable bonds is 6. The first kappa shape index (κ1) is 19.3. The summed E-state index contributed by atoms with van der Waals surface area (Å²) < 4.78 is 0. The Hall–Kier alpha value is -4.06. The molecular weight excluding hydrogens is 376 g/mol. The Morgan fingerprint density at radius 3 is 2.03 bits per heavy atom. The lowest BCUT2D eigenvalue weighted by Gasteiger charge is -2.09. The fourth-order valence-corrected chi connectivity index (χ4v) is 3.26. The van der Waals surface area contributed by atoms with E-state index in [1.54, 1.807) is 24.3 Å². The van der Waals surface area contributed by atoms with Gasteiger partial charge in [0.15, 0.2) is 0 Å². The van der Waals surface area contributed by atoms with Crippen molar-refractivity contribution in [1.29, 1.82) is 0 Å². The van der Waals surface area contributed by atoms with E-state index in [2.05, 4.69) is 27.0 Å². The number of hydrogen-bond donors (Lipinski definition) is 4. The van der Waals surface area contributed by atoms with E-state index in [0.29, 0.717) is 29.9 Å². The first-order valence-corrected chi connectivity index (χ1v) is 9.75. The molecule has 0 aliphatic rings. The maximum Gasteiger partial charge on any atom is 0.323 e. The van der Waals surface area contributed by atoms with Gasteiger partial charge in [0.05, 0.1) is 0 Å². The molecule has 30 heavy (non-hydrogen) atoms. The number of aromatic nitrogens is 1. The Morgan fingerprint density at radius 1 is 0.700 bits per heavy atom. The highest BCUT2D eigenvalue weighted by molar-refractivity contribution is 6.00. The van der Waals surface area contributed by atoms with Gasteiger partial charge in [-0.2, -0.15) is 0 Å². The standard InChI is InChI=1S/C24H22N4O2/c29-23(15-10-17-16-25-22-9-5-4-8-21(17)22)26-19-11-13-20(14-12-19)28-24(30)27-18-6-2-1-3-7-18/h1-9,11-14,16,25H,10,15H2,(H,26,29)(H2,27,28,30). The second-order valence-corrected chi connectivity index (χ2v) is 6.93. The van der Waals surface area contributed by atoms with E-state index in [1.807, 2.05) is 54.7 Å². The van der Waals surface area contributed by atoms with E-state index >= 15 is 0 Å². The zero-order chi connectivity index (χ0) is 20.8. The fourth-order valence-electron chi connectivity index (χ4n) is 3.26. The molecule has 150 valence electrons. The van der Waals surface area contributed by atoms with Crippen molar-refractivity contribution in [3.8, 4) is 0 Å². The lowest BCUT2D eigenvalue weighted by molar-refractivity contribution is -0.116. The minimum atomic E-state index is -0.322. The van der Waals surface area contributed by atoms with Gasteiger partial charge in [-0.1, -0.05) is 36.4 Å². The number of anilines is 3. The molecule has 1 heterocycles. The van der Waals surface area contributed by atoms with E-state index in [0.717, 1.165) is 16.5 Å². The molecule has 0 fully saturated rings. The van der Waals surface area contributed by atoms with Crippen LogP contribution in [0.2, 0.25) is 0 Å². The van der Waals surface area contributed by atoms with Crippen molar-refractivity contribution in [2.45, 2.75) is 12.8 Å². The van der Waals surface area contributed by atoms with E-state index in [9.17, 15) is 9.59 Å². The van der Waals surface area contributed by atoms with Crippen LogP contribution in [0.4, 0.5) is 21.9 Å². The quantitative estimate of drug-likeness (QED) is 0.351. The first-order chi connectivity index (χ1) is 14.7. The van der Waals surface area contributed by atoms with Gasteiger partial charge in [-0.15, -0.1) is 0 Å². The van der Waals surface area contributed by atoms with Gasteiger partial charge in [0.2, 0.25) is 5.91 Å². The number of benzene rings is 3. The van der Waals surface area contributed by atoms with Crippen LogP contribution < -0.4 is 16.0 Å². The Labute approximate surface area is 174 Å². The fraction of sp³-hybridized carbons (Fsp3) is 0.0833. The van der Waals surface area contributed by atoms with Crippen molar-refractivity contribution < 1.29 is 9.59 Å². The first-order valence-electron chi connectivity index (χ1n) is 9.75. The lowest BCUT2D eigenvalue weighted by Crippen LogP contribution is -2.19. The molecule has 0 aliphatic carbocycles. The van der Waals surface area contributed by atoms with Gasteiger partial charge in [-0.3, -0.25) is 4.79 Å². The molecule has 0 saturated heterocycles. The van der Waals surface area contributed by atoms with Crippen molar-refractivity contribution in [1.82, 2.24) is 4.98 Å². The van der Waals surface area contributed by atoms with Gasteiger partial charge in [0.1, 0.15) is 0 Å². The zero-order valence-corrected chi connectivity index (χ0v) is 16.3. The third kappa shape index (κ3) is 4.86. The second kappa shape index (κ2) is 8.96. The molecule has 0 spiro atoms. The van der Waals surface area contributed by atoms with Gasteiger partial charge in [0, 0.05) is 40.6 Å². The Morgan fingerprint density at radius 2 is 1.30 bits per heavy atom. The van der Waals surface area contributed by atoms with E-state index < -0.39 is 0 Å². The van der Waals surface area contributed by atoms with Crippen molar-refractivity contribution in [2.24, 2.45) is 0 Å². The summed E-state index contributed by atoms with van der Waals surface area (Å²) >= 11 is 0. The molecule has 0 radical (unpaired) electrons. The second-order valence-electron chi connectivity index (χ2n) is 6.93. The predicted octanol–water partition coefficient (Wildman–Crippen LogP) is 5.38. The number of hydrogen-bond acceptors (Lipinski definition) is 2. The number of fused-ring (bicyclic) bond motifs is 1. The van der Waals surface area contributed by atoms with E-state index in [1.165, 1.54) is 0 Å². The zero-order valence-electron chi connectivity index (χ0n) is 16.3. The van der Waals surface area contributed by atoms with Crippen LogP contribution in [0.15, 0.2) is 85.1 Å². The van der Waals surface area contributed by atoms with Gasteiger partial charge in [-0.05, 0) is 54.4 Å². The van der Waals surface area contributed by atoms with Crippen LogP contribution in [0.25, 0.3) is 10.9 Å². The third-order valence-corrected chi connectivity index (χ3v) is 4.75. The molecule has 3 amide bonds. The summed E-state index contributed by atoms with van der Waals surface area (Å²) in [6.45, 7) is 0. The molecule has 4 N–H and O–H groups in total. The van der Waals surface area contributed by atoms with Crippen molar-refractivity contribution in [2.75, 3.05) is 16.0 Å². The molecule has 1 aromatic heterocycles. The molecule has 6 heteroatoms. The molecule has 4 aromatic rings. The number of H-pyrrole nitrogens is 1. The smallest absolute Gasteiger partial charge is 0.323 e. The minimum absolute atomic E-state index is 0.0530. The third-order valence-electron chi connectivity index (χ3n) is 4.75. The molecular formula is C24H22N4O2. The maximum atomic E-state index is 12.3. The van der Waals surface area contributed by atoms with Crippen LogP contribution in [-0.4, -0.2) is 16.9 Å². The summed E-state index contributed by atoms with van der Waals surface area (Å²) in [5, 5.41) is 9.57. The summed E-state index contributed by atoms with van der Waals surface area (Å²) in [6, 6.07) is 24.0. The predicted molar refractivity (Wildman–Crippen MR) is 121 cm³/mol. The lowest BCUT2D eigenvalue weighted by atomic mass is 10.1. The number of aryl methyl sites for hydroxylation is 1. The highest BCUT2D eigenvalue weighted by Gasteiger charge is 2.08. The summed E-state index contributed by atoms with van der Waals surface area (Å²) in [4.78, 5) is 27.6. The molecule has 0 unspecified atom stereocenters. The number of carbonyl (C=O) groups is 2. The SMILES string of the molecule is O=C(CCc1c[nH]c2ccccc12)Nc1ccc(NC(=O)Nc2ccccc2)cc1. The number of para-hydroxylation sites is 2. The molecule has 3 aromatic carbocycles. The van der Waals surface area contributed by atoms with Gasteiger partial charge in [-0.25, -0.2) is 4.79 Å². The van der Waals surface area contributed by atoms with Crippen LogP contribution in [0, 0.1) is 0 Å². The molecule has 4 rings (SSSR count). The summed E-state index contributed by atoms with van der Waals surface area (Å²) in [5.41, 5.74) is 4.25. The van der Waals surface area contributed by atoms with Crippen LogP contribution >= 0.6 is 0 Å². The van der Waals surface area contributed by atoms with E-state index in [4.69, 9.17) is 0 Å². The van der Waals surface area contributed by atoms with Gasteiger partial charge >= 0.3 is 6.03 Å². The van der Waals surface area contributed by atoms with Crippen LogP contribution in [0.5, 0.6) is 0 Å². The average Bonchev–Trinajstić information content (AvgIpc) is 3.17. The number of carbonyl (C=O) groups excluding carboxylic acids is 2. The summed E-state index contributed by atoms with van der Waals surface area (Å²) in [7, 11) is 0. The average molecular weight is 398 g/mol. The molecule has 0 bridgehead atoms. The molecule has 0 atom stereocenters. The van der Waals surface area contributed by atoms with Gasteiger partial charge < -0.3 is 20.9 Å². The van der Waals surface area contributed by atoms with E-state index in [-0.39, 0.29) is 11.9 Å². The summed E-state index contributed by atoms with van der Waals surface area (Å²) in [5.74, 6) is -0.0530. The van der Waals surface area contributed by atoms with Crippen molar-refractivity contribution >= 4 is 39.9 Å². The molecule has 6 nitrogen and oxygen atoms in total. The molecule has 0 aliphatic heterocycles. The van der Waals surface area contributed by atoms with Crippen molar-refractivity contribution in [3.63, 3.8) is 0 Å². The Balaban J connectivity index is 1.27. The number of nitrogens with one attached hydrogen (secondary N) is 4. The highest BCUT2D eigenvalue weighted by Crippen LogP contribution is 2.20. The molecule has 0 saturated carbocycles. The maximum absolute atomic E-state index is 12.3. The minimum Gasteiger partial charge on any atom is -0.361 e. The largest absolute Gasteiger partial charge is 0.361 e. The van der Waals surface area contributed by atoms with Gasteiger partial charge in [0.25, 0.3) is 0 Å². The van der Waals surface area contributed by atoms with Crippen molar-refractivity contribution in [3.05, 3.63) is 90.6 Å². The Kier molecular flexibility index (Phi) is 5.75.